The molecule has 0 fully saturated rings. The highest BCUT2D eigenvalue weighted by Crippen LogP contribution is 2.14. The first-order valence-electron chi connectivity index (χ1n) is 6.10. The third kappa shape index (κ3) is 3.54. The molecule has 0 aliphatic heterocycles. The number of amides is 1. The molecular formula is C14H15BrN4O. The third-order valence-corrected chi connectivity index (χ3v) is 3.28. The van der Waals surface area contributed by atoms with E-state index >= 15 is 0 Å². The van der Waals surface area contributed by atoms with E-state index in [-0.39, 0.29) is 5.91 Å². The van der Waals surface area contributed by atoms with E-state index in [0.29, 0.717) is 18.1 Å². The standard InChI is InChI=1S/C14H15BrN4O/c1-16-13-8-17-12(7-18-13)14(20)19(2)9-10-4-3-5-11(15)6-10/h3-8H,9H2,1-2H3,(H,16,18). The number of halogens is 1. The van der Waals surface area contributed by atoms with Gasteiger partial charge in [-0.25, -0.2) is 9.97 Å². The Kier molecular flexibility index (Phi) is 4.68. The molecule has 6 heteroatoms. The van der Waals surface area contributed by atoms with Gasteiger partial charge in [-0.2, -0.15) is 0 Å². The van der Waals surface area contributed by atoms with Gasteiger partial charge in [0, 0.05) is 25.1 Å². The Hall–Kier alpha value is -1.95. The number of carbonyl (C=O) groups is 1. The van der Waals surface area contributed by atoms with Crippen LogP contribution in [0.1, 0.15) is 16.1 Å². The van der Waals surface area contributed by atoms with Gasteiger partial charge in [0.15, 0.2) is 0 Å². The molecule has 0 spiro atoms. The van der Waals surface area contributed by atoms with Gasteiger partial charge in [-0.05, 0) is 17.7 Å². The van der Waals surface area contributed by atoms with Gasteiger partial charge in [0.25, 0.3) is 5.91 Å². The van der Waals surface area contributed by atoms with Gasteiger partial charge >= 0.3 is 0 Å². The van der Waals surface area contributed by atoms with Crippen LogP contribution in [0.4, 0.5) is 5.82 Å². The Morgan fingerprint density at radius 2 is 2.15 bits per heavy atom. The molecule has 0 saturated carbocycles. The molecule has 1 aromatic carbocycles. The molecule has 1 aromatic heterocycles. The average Bonchev–Trinajstić information content (AvgIpc) is 2.46. The Labute approximate surface area is 126 Å². The largest absolute Gasteiger partial charge is 0.372 e. The SMILES string of the molecule is CNc1cnc(C(=O)N(C)Cc2cccc(Br)c2)cn1. The monoisotopic (exact) mass is 334 g/mol. The number of benzene rings is 1. The van der Waals surface area contributed by atoms with Gasteiger partial charge in [0.2, 0.25) is 0 Å². The molecule has 1 N–H and O–H groups in total. The van der Waals surface area contributed by atoms with Crippen LogP contribution in [0.25, 0.3) is 0 Å². The van der Waals surface area contributed by atoms with Gasteiger partial charge < -0.3 is 10.2 Å². The van der Waals surface area contributed by atoms with Crippen molar-refractivity contribution in [3.8, 4) is 0 Å². The topological polar surface area (TPSA) is 58.1 Å². The summed E-state index contributed by atoms with van der Waals surface area (Å²) < 4.78 is 0.994. The fourth-order valence-electron chi connectivity index (χ4n) is 1.74. The lowest BCUT2D eigenvalue weighted by Gasteiger charge is -2.16. The molecule has 0 aliphatic rings. The van der Waals surface area contributed by atoms with Crippen molar-refractivity contribution in [1.29, 1.82) is 0 Å². The Balaban J connectivity index is 2.07. The maximum absolute atomic E-state index is 12.2. The lowest BCUT2D eigenvalue weighted by molar-refractivity contribution is 0.0779. The summed E-state index contributed by atoms with van der Waals surface area (Å²) in [5.41, 5.74) is 1.39. The van der Waals surface area contributed by atoms with Crippen LogP contribution in [-0.4, -0.2) is 34.9 Å². The summed E-state index contributed by atoms with van der Waals surface area (Å²) in [6.45, 7) is 0.522. The molecule has 2 rings (SSSR count). The highest BCUT2D eigenvalue weighted by Gasteiger charge is 2.14. The minimum absolute atomic E-state index is 0.153. The van der Waals surface area contributed by atoms with Crippen molar-refractivity contribution in [1.82, 2.24) is 14.9 Å². The summed E-state index contributed by atoms with van der Waals surface area (Å²) in [6, 6.07) is 7.86. The average molecular weight is 335 g/mol. The van der Waals surface area contributed by atoms with Crippen LogP contribution in [-0.2, 0) is 6.54 Å². The number of hydrogen-bond acceptors (Lipinski definition) is 4. The van der Waals surface area contributed by atoms with Crippen LogP contribution in [0.2, 0.25) is 0 Å². The maximum atomic E-state index is 12.2. The fraction of sp³-hybridized carbons (Fsp3) is 0.214. The molecular weight excluding hydrogens is 320 g/mol. The number of hydrogen-bond donors (Lipinski definition) is 1. The van der Waals surface area contributed by atoms with E-state index in [1.54, 1.807) is 25.2 Å². The minimum atomic E-state index is -0.153. The van der Waals surface area contributed by atoms with E-state index in [2.05, 4.69) is 31.2 Å². The van der Waals surface area contributed by atoms with Crippen molar-refractivity contribution in [3.05, 3.63) is 52.4 Å². The lowest BCUT2D eigenvalue weighted by atomic mass is 10.2. The molecule has 20 heavy (non-hydrogen) atoms. The number of carbonyl (C=O) groups excluding carboxylic acids is 1. The van der Waals surface area contributed by atoms with E-state index in [0.717, 1.165) is 10.0 Å². The predicted octanol–water partition coefficient (Wildman–Crippen LogP) is 2.55. The first-order chi connectivity index (χ1) is 9.60. The summed E-state index contributed by atoms with van der Waals surface area (Å²) in [7, 11) is 3.50. The van der Waals surface area contributed by atoms with E-state index in [1.165, 1.54) is 6.20 Å². The normalized spacial score (nSPS) is 10.2. The van der Waals surface area contributed by atoms with Gasteiger partial charge in [-0.15, -0.1) is 0 Å². The highest BCUT2D eigenvalue weighted by atomic mass is 79.9. The fourth-order valence-corrected chi connectivity index (χ4v) is 2.19. The smallest absolute Gasteiger partial charge is 0.274 e. The van der Waals surface area contributed by atoms with Crippen LogP contribution in [0, 0.1) is 0 Å². The summed E-state index contributed by atoms with van der Waals surface area (Å²) in [5.74, 6) is 0.483. The van der Waals surface area contributed by atoms with Crippen molar-refractivity contribution in [3.63, 3.8) is 0 Å². The van der Waals surface area contributed by atoms with Crippen LogP contribution < -0.4 is 5.32 Å². The molecule has 1 amide bonds. The van der Waals surface area contributed by atoms with Gasteiger partial charge in [-0.3, -0.25) is 4.79 Å². The minimum Gasteiger partial charge on any atom is -0.372 e. The van der Waals surface area contributed by atoms with Crippen LogP contribution in [0.3, 0.4) is 0 Å². The van der Waals surface area contributed by atoms with Crippen LogP contribution in [0.5, 0.6) is 0 Å². The summed E-state index contributed by atoms with van der Waals surface area (Å²) in [5, 5.41) is 2.86. The second-order valence-corrected chi connectivity index (χ2v) is 5.24. The number of rotatable bonds is 4. The molecule has 0 atom stereocenters. The molecule has 0 aliphatic carbocycles. The predicted molar refractivity (Wildman–Crippen MR) is 81.5 cm³/mol. The first kappa shape index (κ1) is 14.5. The second kappa shape index (κ2) is 6.47. The van der Waals surface area contributed by atoms with Crippen molar-refractivity contribution >= 4 is 27.7 Å². The Bertz CT molecular complexity index is 600. The van der Waals surface area contributed by atoms with Crippen molar-refractivity contribution in [2.45, 2.75) is 6.54 Å². The number of nitrogens with zero attached hydrogens (tertiary/aromatic N) is 3. The molecule has 0 radical (unpaired) electrons. The zero-order chi connectivity index (χ0) is 14.5. The molecule has 1 heterocycles. The van der Waals surface area contributed by atoms with Crippen molar-refractivity contribution in [2.75, 3.05) is 19.4 Å². The van der Waals surface area contributed by atoms with Crippen molar-refractivity contribution in [2.24, 2.45) is 0 Å². The van der Waals surface area contributed by atoms with Crippen LogP contribution >= 0.6 is 15.9 Å². The Morgan fingerprint density at radius 3 is 2.75 bits per heavy atom. The van der Waals surface area contributed by atoms with Crippen LogP contribution in [0.15, 0.2) is 41.1 Å². The van der Waals surface area contributed by atoms with E-state index in [1.807, 2.05) is 24.3 Å². The molecule has 0 unspecified atom stereocenters. The molecule has 2 aromatic rings. The van der Waals surface area contributed by atoms with Gasteiger partial charge in [-0.1, -0.05) is 28.1 Å². The highest BCUT2D eigenvalue weighted by molar-refractivity contribution is 9.10. The lowest BCUT2D eigenvalue weighted by Crippen LogP contribution is -2.27. The van der Waals surface area contributed by atoms with E-state index < -0.39 is 0 Å². The zero-order valence-corrected chi connectivity index (χ0v) is 12.9. The number of anilines is 1. The molecule has 104 valence electrons. The molecule has 0 saturated heterocycles. The first-order valence-corrected chi connectivity index (χ1v) is 6.89. The third-order valence-electron chi connectivity index (χ3n) is 2.78. The van der Waals surface area contributed by atoms with Gasteiger partial charge in [0.1, 0.15) is 11.5 Å². The number of nitrogens with one attached hydrogen (secondary N) is 1. The second-order valence-electron chi connectivity index (χ2n) is 4.33. The Morgan fingerprint density at radius 1 is 1.35 bits per heavy atom. The van der Waals surface area contributed by atoms with E-state index in [4.69, 9.17) is 0 Å². The van der Waals surface area contributed by atoms with Gasteiger partial charge in [0.05, 0.1) is 12.4 Å². The van der Waals surface area contributed by atoms with E-state index in [9.17, 15) is 4.79 Å². The summed E-state index contributed by atoms with van der Waals surface area (Å²) >= 11 is 3.42. The molecule has 0 bridgehead atoms. The summed E-state index contributed by atoms with van der Waals surface area (Å²) in [6.07, 6.45) is 3.02. The summed E-state index contributed by atoms with van der Waals surface area (Å²) in [4.78, 5) is 22.0. The van der Waals surface area contributed by atoms with Crippen molar-refractivity contribution < 1.29 is 4.79 Å². The zero-order valence-electron chi connectivity index (χ0n) is 11.3. The maximum Gasteiger partial charge on any atom is 0.274 e. The quantitative estimate of drug-likeness (QED) is 0.933. The molecule has 5 nitrogen and oxygen atoms in total. The number of aromatic nitrogens is 2.